The molecule has 0 saturated carbocycles. The number of nitrogens with one attached hydrogen (secondary N) is 1. The first-order valence-corrected chi connectivity index (χ1v) is 17.5. The molecule has 4 aliphatic heterocycles. The standard InChI is InChI=1S/C18H26N4O3.C11H20N2O2.C7H8N2O2/c1-11-14(7-8-15(19)20-11)16(23)21-9-12-5-6-13(10-21)22(12)17(24)25-18(2,3)4;1-11(2,3)15-10(14)13-8-4-5-9(13)7-12-6-8;1-4-5(7(10)11)2-3-6(8)9-4/h7-8,12-13H,5-6,9-10H2,1-4H3,(H2,19,20);8-9,12H,4-7H2,1-3H3;2-3H,1H3,(H2,8,9)(H,10,11). The predicted octanol–water partition coefficient (Wildman–Crippen LogP) is 4.22. The van der Waals surface area contributed by atoms with Gasteiger partial charge in [-0.1, -0.05) is 0 Å². The Morgan fingerprint density at radius 2 is 1.10 bits per heavy atom. The largest absolute Gasteiger partial charge is 0.478 e. The molecule has 2 aromatic heterocycles. The Balaban J connectivity index is 0.000000190. The lowest BCUT2D eigenvalue weighted by molar-refractivity contribution is -0.00342. The van der Waals surface area contributed by atoms with Gasteiger partial charge in [-0.3, -0.25) is 14.6 Å². The molecule has 0 aromatic carbocycles. The second-order valence-corrected chi connectivity index (χ2v) is 15.5. The first kappa shape index (κ1) is 39.1. The number of hydrogen-bond donors (Lipinski definition) is 4. The number of rotatable bonds is 2. The van der Waals surface area contributed by atoms with E-state index < -0.39 is 11.6 Å². The number of aromatic carboxylic acids is 1. The van der Waals surface area contributed by atoms with Crippen LogP contribution in [0.3, 0.4) is 0 Å². The third kappa shape index (κ3) is 10.2. The summed E-state index contributed by atoms with van der Waals surface area (Å²) in [6.07, 6.45) is 3.58. The number of anilines is 2. The van der Waals surface area contributed by atoms with Crippen molar-refractivity contribution in [2.75, 3.05) is 37.6 Å². The van der Waals surface area contributed by atoms with Crippen LogP contribution >= 0.6 is 0 Å². The number of fused-ring (bicyclic) bond motifs is 4. The van der Waals surface area contributed by atoms with E-state index in [0.717, 1.165) is 38.8 Å². The fourth-order valence-electron chi connectivity index (χ4n) is 6.86. The van der Waals surface area contributed by atoms with Gasteiger partial charge in [0.25, 0.3) is 5.91 Å². The molecule has 15 heteroatoms. The first-order chi connectivity index (χ1) is 23.7. The number of nitrogens with two attached hydrogens (primary N) is 2. The van der Waals surface area contributed by atoms with Crippen molar-refractivity contribution in [2.45, 2.75) is 116 Å². The highest BCUT2D eigenvalue weighted by Crippen LogP contribution is 2.33. The molecule has 6 N–H and O–H groups in total. The number of carbonyl (C=O) groups excluding carboxylic acids is 3. The number of carbonyl (C=O) groups is 4. The second-order valence-electron chi connectivity index (χ2n) is 15.5. The molecule has 4 bridgehead atoms. The Hall–Kier alpha value is -4.66. The third-order valence-corrected chi connectivity index (χ3v) is 9.03. The molecule has 0 aliphatic carbocycles. The van der Waals surface area contributed by atoms with Crippen molar-refractivity contribution in [3.63, 3.8) is 0 Å². The maximum absolute atomic E-state index is 12.9. The lowest BCUT2D eigenvalue weighted by atomic mass is 10.1. The van der Waals surface area contributed by atoms with Crippen LogP contribution in [0.2, 0.25) is 0 Å². The van der Waals surface area contributed by atoms with Crippen molar-refractivity contribution < 1.29 is 33.8 Å². The van der Waals surface area contributed by atoms with Crippen LogP contribution in [0.4, 0.5) is 21.2 Å². The number of carboxylic acids is 1. The average Bonchev–Trinajstić information content (AvgIpc) is 3.42. The normalized spacial score (nSPS) is 22.2. The maximum atomic E-state index is 12.9. The number of nitrogens with zero attached hydrogens (tertiary/aromatic N) is 5. The molecule has 4 fully saturated rings. The van der Waals surface area contributed by atoms with Gasteiger partial charge >= 0.3 is 18.2 Å². The van der Waals surface area contributed by atoms with E-state index in [1.807, 2.05) is 56.2 Å². The van der Waals surface area contributed by atoms with Gasteiger partial charge in [0.2, 0.25) is 0 Å². The van der Waals surface area contributed by atoms with Crippen molar-refractivity contribution in [2.24, 2.45) is 0 Å². The number of aryl methyl sites for hydroxylation is 2. The molecule has 4 aliphatic rings. The maximum Gasteiger partial charge on any atom is 0.410 e. The quantitative estimate of drug-likeness (QED) is 0.346. The van der Waals surface area contributed by atoms with Crippen LogP contribution < -0.4 is 16.8 Å². The van der Waals surface area contributed by atoms with Gasteiger partial charge in [-0.05, 0) is 105 Å². The number of piperazine rings is 2. The number of likely N-dealkylation sites (tertiary alicyclic amines) is 1. The predicted molar refractivity (Wildman–Crippen MR) is 192 cm³/mol. The Morgan fingerprint density at radius 1 is 0.706 bits per heavy atom. The van der Waals surface area contributed by atoms with E-state index in [4.69, 9.17) is 26.0 Å². The minimum atomic E-state index is -0.977. The summed E-state index contributed by atoms with van der Waals surface area (Å²) in [5, 5.41) is 11.9. The van der Waals surface area contributed by atoms with Crippen LogP contribution in [0.5, 0.6) is 0 Å². The first-order valence-electron chi connectivity index (χ1n) is 17.5. The summed E-state index contributed by atoms with van der Waals surface area (Å²) >= 11 is 0. The number of amides is 3. The van der Waals surface area contributed by atoms with Crippen molar-refractivity contribution in [3.8, 4) is 0 Å². The van der Waals surface area contributed by atoms with Gasteiger partial charge in [0.1, 0.15) is 22.8 Å². The lowest BCUT2D eigenvalue weighted by Crippen LogP contribution is -2.58. The number of aromatic nitrogens is 2. The van der Waals surface area contributed by atoms with Gasteiger partial charge < -0.3 is 36.3 Å². The van der Waals surface area contributed by atoms with Gasteiger partial charge in [0, 0.05) is 38.3 Å². The van der Waals surface area contributed by atoms with Crippen molar-refractivity contribution >= 4 is 35.7 Å². The summed E-state index contributed by atoms with van der Waals surface area (Å²) < 4.78 is 10.9. The Bertz CT molecular complexity index is 1570. The zero-order valence-corrected chi connectivity index (χ0v) is 31.1. The number of carboxylic acid groups (broad SMARTS) is 1. The minimum Gasteiger partial charge on any atom is -0.478 e. The molecule has 4 saturated heterocycles. The van der Waals surface area contributed by atoms with E-state index in [9.17, 15) is 19.2 Å². The lowest BCUT2D eigenvalue weighted by Gasteiger charge is -2.41. The van der Waals surface area contributed by atoms with E-state index in [0.29, 0.717) is 53.8 Å². The molecule has 3 amide bonds. The molecule has 6 heterocycles. The molecule has 0 radical (unpaired) electrons. The van der Waals surface area contributed by atoms with Gasteiger partial charge in [0.05, 0.1) is 34.6 Å². The highest BCUT2D eigenvalue weighted by Gasteiger charge is 2.46. The smallest absolute Gasteiger partial charge is 0.410 e. The zero-order chi connectivity index (χ0) is 37.8. The fourth-order valence-corrected chi connectivity index (χ4v) is 6.86. The van der Waals surface area contributed by atoms with Gasteiger partial charge in [-0.25, -0.2) is 24.4 Å². The summed E-state index contributed by atoms with van der Waals surface area (Å²) in [4.78, 5) is 61.3. The summed E-state index contributed by atoms with van der Waals surface area (Å²) in [6, 6.07) is 7.00. The molecular weight excluding hydrogens is 656 g/mol. The highest BCUT2D eigenvalue weighted by molar-refractivity contribution is 5.95. The van der Waals surface area contributed by atoms with E-state index in [1.54, 1.807) is 26.0 Å². The molecular formula is C36H54N8O7. The fraction of sp³-hybridized carbons (Fsp3) is 0.611. The van der Waals surface area contributed by atoms with E-state index in [-0.39, 0.29) is 41.3 Å². The molecule has 280 valence electrons. The Kier molecular flexibility index (Phi) is 12.0. The van der Waals surface area contributed by atoms with Crippen molar-refractivity contribution in [1.82, 2.24) is 30.0 Å². The molecule has 4 atom stereocenters. The van der Waals surface area contributed by atoms with Crippen molar-refractivity contribution in [1.29, 1.82) is 0 Å². The Labute approximate surface area is 300 Å². The van der Waals surface area contributed by atoms with Crippen LogP contribution in [-0.2, 0) is 9.47 Å². The van der Waals surface area contributed by atoms with Gasteiger partial charge in [-0.15, -0.1) is 0 Å². The molecule has 15 nitrogen and oxygen atoms in total. The number of hydrogen-bond acceptors (Lipinski definition) is 11. The van der Waals surface area contributed by atoms with Crippen LogP contribution in [0.25, 0.3) is 0 Å². The van der Waals surface area contributed by atoms with Crippen LogP contribution in [-0.4, -0.2) is 115 Å². The van der Waals surface area contributed by atoms with Crippen molar-refractivity contribution in [3.05, 3.63) is 46.8 Å². The Morgan fingerprint density at radius 3 is 1.49 bits per heavy atom. The summed E-state index contributed by atoms with van der Waals surface area (Å²) in [7, 11) is 0. The summed E-state index contributed by atoms with van der Waals surface area (Å²) in [5.74, 6) is -0.280. The number of ether oxygens (including phenoxy) is 2. The monoisotopic (exact) mass is 710 g/mol. The van der Waals surface area contributed by atoms with Crippen LogP contribution in [0.15, 0.2) is 24.3 Å². The third-order valence-electron chi connectivity index (χ3n) is 9.03. The summed E-state index contributed by atoms with van der Waals surface area (Å²) in [6.45, 7) is 17.6. The average molecular weight is 711 g/mol. The SMILES string of the molecule is CC(C)(C)OC(=O)N1C2CCC1CNC2.Cc1nc(N)ccc1C(=O)N1CC2CCC(C1)N2C(=O)OC(C)(C)C.Cc1nc(N)ccc1C(=O)O. The molecule has 0 spiro atoms. The highest BCUT2D eigenvalue weighted by atomic mass is 16.6. The van der Waals surface area contributed by atoms with Crippen LogP contribution in [0, 0.1) is 13.8 Å². The van der Waals surface area contributed by atoms with E-state index in [2.05, 4.69) is 15.3 Å². The molecule has 2 aromatic rings. The molecule has 6 rings (SSSR count). The second kappa shape index (κ2) is 15.7. The number of nitrogen functional groups attached to an aromatic ring is 2. The minimum absolute atomic E-state index is 0.0135. The van der Waals surface area contributed by atoms with Crippen LogP contribution in [0.1, 0.15) is 99.3 Å². The zero-order valence-electron chi connectivity index (χ0n) is 31.1. The van der Waals surface area contributed by atoms with E-state index >= 15 is 0 Å². The topological polar surface area (TPSA) is 207 Å². The molecule has 51 heavy (non-hydrogen) atoms. The summed E-state index contributed by atoms with van der Waals surface area (Å²) in [5.41, 5.74) is 11.9. The number of pyridine rings is 2. The van der Waals surface area contributed by atoms with Gasteiger partial charge in [0.15, 0.2) is 0 Å². The molecule has 4 unspecified atom stereocenters. The van der Waals surface area contributed by atoms with E-state index in [1.165, 1.54) is 12.1 Å². The van der Waals surface area contributed by atoms with Gasteiger partial charge in [-0.2, -0.15) is 0 Å².